The minimum absolute atomic E-state index is 0.0497. The maximum Gasteiger partial charge on any atom is 0.246 e. The van der Waals surface area contributed by atoms with Crippen LogP contribution >= 0.6 is 0 Å². The number of likely N-dealkylation sites (N-methyl/N-ethyl adjacent to an activating group) is 1. The molecule has 18 heavy (non-hydrogen) atoms. The third-order valence-electron chi connectivity index (χ3n) is 3.13. The molecule has 1 aliphatic heterocycles. The van der Waals surface area contributed by atoms with Gasteiger partial charge in [-0.25, -0.2) is 4.39 Å². The van der Waals surface area contributed by atoms with Crippen molar-refractivity contribution in [1.29, 1.82) is 0 Å². The summed E-state index contributed by atoms with van der Waals surface area (Å²) in [5, 5.41) is 0. The summed E-state index contributed by atoms with van der Waals surface area (Å²) in [6.45, 7) is 3.24. The van der Waals surface area contributed by atoms with E-state index in [1.807, 2.05) is 7.05 Å². The van der Waals surface area contributed by atoms with Gasteiger partial charge in [0.1, 0.15) is 5.82 Å². The molecule has 3 nitrogen and oxygen atoms in total. The van der Waals surface area contributed by atoms with Crippen LogP contribution in [0, 0.1) is 5.82 Å². The normalized spacial score (nSPS) is 17.3. The van der Waals surface area contributed by atoms with Gasteiger partial charge in [0.2, 0.25) is 5.91 Å². The van der Waals surface area contributed by atoms with Gasteiger partial charge >= 0.3 is 0 Å². The standard InChI is InChI=1S/C14H17FN2O/c1-16-8-10-17(11-9-16)14(18)7-6-12-4-2-3-5-13(12)15/h2-7H,8-11H2,1H3/b7-6+. The van der Waals surface area contributed by atoms with Crippen LogP contribution in [0.2, 0.25) is 0 Å². The number of piperazine rings is 1. The van der Waals surface area contributed by atoms with Crippen LogP contribution in [0.4, 0.5) is 4.39 Å². The van der Waals surface area contributed by atoms with Crippen molar-refractivity contribution in [2.45, 2.75) is 0 Å². The molecule has 4 heteroatoms. The summed E-state index contributed by atoms with van der Waals surface area (Å²) in [6, 6.07) is 6.43. The van der Waals surface area contributed by atoms with Crippen molar-refractivity contribution in [3.05, 3.63) is 41.7 Å². The van der Waals surface area contributed by atoms with E-state index in [1.165, 1.54) is 18.2 Å². The number of nitrogens with zero attached hydrogens (tertiary/aromatic N) is 2. The molecule has 0 N–H and O–H groups in total. The highest BCUT2D eigenvalue weighted by Crippen LogP contribution is 2.09. The Hall–Kier alpha value is -1.68. The Kier molecular flexibility index (Phi) is 4.10. The predicted molar refractivity (Wildman–Crippen MR) is 69.5 cm³/mol. The topological polar surface area (TPSA) is 23.6 Å². The molecule has 1 saturated heterocycles. The second-order valence-electron chi connectivity index (χ2n) is 4.48. The summed E-state index contributed by atoms with van der Waals surface area (Å²) in [4.78, 5) is 15.9. The Labute approximate surface area is 107 Å². The molecule has 0 aromatic heterocycles. The molecule has 0 spiro atoms. The van der Waals surface area contributed by atoms with Crippen molar-refractivity contribution in [3.63, 3.8) is 0 Å². The lowest BCUT2D eigenvalue weighted by molar-refractivity contribution is -0.127. The number of carbonyl (C=O) groups is 1. The van der Waals surface area contributed by atoms with Crippen molar-refractivity contribution in [3.8, 4) is 0 Å². The molecule has 1 amide bonds. The van der Waals surface area contributed by atoms with Gasteiger partial charge in [0, 0.05) is 37.8 Å². The molecule has 0 unspecified atom stereocenters. The monoisotopic (exact) mass is 248 g/mol. The molecule has 1 aromatic rings. The molecule has 1 fully saturated rings. The van der Waals surface area contributed by atoms with Crippen LogP contribution in [0.3, 0.4) is 0 Å². The van der Waals surface area contributed by atoms with Crippen molar-refractivity contribution >= 4 is 12.0 Å². The van der Waals surface area contributed by atoms with Crippen LogP contribution in [-0.2, 0) is 4.79 Å². The fourth-order valence-electron chi connectivity index (χ4n) is 1.90. The Morgan fingerprint density at radius 2 is 1.89 bits per heavy atom. The van der Waals surface area contributed by atoms with Crippen LogP contribution in [0.25, 0.3) is 6.08 Å². The fraction of sp³-hybridized carbons (Fsp3) is 0.357. The number of hydrogen-bond donors (Lipinski definition) is 0. The molecule has 0 radical (unpaired) electrons. The molecule has 96 valence electrons. The minimum atomic E-state index is -0.306. The molecule has 2 rings (SSSR count). The van der Waals surface area contributed by atoms with Gasteiger partial charge in [0.05, 0.1) is 0 Å². The van der Waals surface area contributed by atoms with Gasteiger partial charge in [0.15, 0.2) is 0 Å². The highest BCUT2D eigenvalue weighted by Gasteiger charge is 2.16. The average molecular weight is 248 g/mol. The lowest BCUT2D eigenvalue weighted by Crippen LogP contribution is -2.46. The summed E-state index contributed by atoms with van der Waals surface area (Å²) < 4.78 is 13.4. The van der Waals surface area contributed by atoms with Crippen LogP contribution in [-0.4, -0.2) is 48.9 Å². The highest BCUT2D eigenvalue weighted by atomic mass is 19.1. The van der Waals surface area contributed by atoms with Crippen molar-refractivity contribution in [2.24, 2.45) is 0 Å². The van der Waals surface area contributed by atoms with Gasteiger partial charge in [-0.1, -0.05) is 18.2 Å². The van der Waals surface area contributed by atoms with E-state index in [1.54, 1.807) is 23.1 Å². The van der Waals surface area contributed by atoms with Crippen molar-refractivity contribution in [2.75, 3.05) is 33.2 Å². The Morgan fingerprint density at radius 1 is 1.22 bits per heavy atom. The maximum atomic E-state index is 13.4. The maximum absolute atomic E-state index is 13.4. The summed E-state index contributed by atoms with van der Waals surface area (Å²) in [6.07, 6.45) is 2.99. The molecule has 1 aromatic carbocycles. The van der Waals surface area contributed by atoms with Gasteiger partial charge in [-0.3, -0.25) is 4.79 Å². The van der Waals surface area contributed by atoms with Crippen LogP contribution in [0.5, 0.6) is 0 Å². The summed E-state index contributed by atoms with van der Waals surface area (Å²) >= 11 is 0. The molecular formula is C14H17FN2O. The van der Waals surface area contributed by atoms with Gasteiger partial charge in [-0.05, 0) is 19.2 Å². The van der Waals surface area contributed by atoms with E-state index in [0.717, 1.165) is 26.2 Å². The van der Waals surface area contributed by atoms with E-state index >= 15 is 0 Å². The van der Waals surface area contributed by atoms with Gasteiger partial charge < -0.3 is 9.80 Å². The number of benzene rings is 1. The molecule has 0 aliphatic carbocycles. The zero-order valence-corrected chi connectivity index (χ0v) is 10.5. The second kappa shape index (κ2) is 5.78. The quantitative estimate of drug-likeness (QED) is 0.742. The van der Waals surface area contributed by atoms with E-state index in [-0.39, 0.29) is 11.7 Å². The Balaban J connectivity index is 1.97. The van der Waals surface area contributed by atoms with Crippen molar-refractivity contribution in [1.82, 2.24) is 9.80 Å². The average Bonchev–Trinajstić information content (AvgIpc) is 2.38. The lowest BCUT2D eigenvalue weighted by Gasteiger charge is -2.31. The SMILES string of the molecule is CN1CCN(C(=O)/C=C/c2ccccc2F)CC1. The first-order valence-electron chi connectivity index (χ1n) is 6.07. The number of amides is 1. The van der Waals surface area contributed by atoms with Crippen molar-refractivity contribution < 1.29 is 9.18 Å². The third-order valence-corrected chi connectivity index (χ3v) is 3.13. The summed E-state index contributed by atoms with van der Waals surface area (Å²) in [5.74, 6) is -0.355. The van der Waals surface area contributed by atoms with Crippen LogP contribution in [0.1, 0.15) is 5.56 Å². The van der Waals surface area contributed by atoms with E-state index in [2.05, 4.69) is 4.90 Å². The van der Waals surface area contributed by atoms with E-state index in [4.69, 9.17) is 0 Å². The number of rotatable bonds is 2. The zero-order valence-electron chi connectivity index (χ0n) is 10.5. The molecule has 1 aliphatic rings. The van der Waals surface area contributed by atoms with E-state index in [9.17, 15) is 9.18 Å². The molecule has 1 heterocycles. The number of carbonyl (C=O) groups excluding carboxylic acids is 1. The largest absolute Gasteiger partial charge is 0.337 e. The Bertz CT molecular complexity index is 451. The summed E-state index contributed by atoms with van der Waals surface area (Å²) in [7, 11) is 2.04. The molecular weight excluding hydrogens is 231 g/mol. The lowest BCUT2D eigenvalue weighted by atomic mass is 10.2. The van der Waals surface area contributed by atoms with Gasteiger partial charge in [-0.2, -0.15) is 0 Å². The van der Waals surface area contributed by atoms with E-state index in [0.29, 0.717) is 5.56 Å². The number of halogens is 1. The van der Waals surface area contributed by atoms with Crippen LogP contribution in [0.15, 0.2) is 30.3 Å². The molecule has 0 bridgehead atoms. The Morgan fingerprint density at radius 3 is 2.56 bits per heavy atom. The molecule has 0 atom stereocenters. The molecule has 0 saturated carbocycles. The van der Waals surface area contributed by atoms with Crippen LogP contribution < -0.4 is 0 Å². The fourth-order valence-corrected chi connectivity index (χ4v) is 1.90. The minimum Gasteiger partial charge on any atom is -0.337 e. The highest BCUT2D eigenvalue weighted by molar-refractivity contribution is 5.91. The summed E-state index contributed by atoms with van der Waals surface area (Å²) in [5.41, 5.74) is 0.444. The first kappa shape index (κ1) is 12.8. The van der Waals surface area contributed by atoms with Gasteiger partial charge in [0.25, 0.3) is 0 Å². The van der Waals surface area contributed by atoms with Gasteiger partial charge in [-0.15, -0.1) is 0 Å². The number of hydrogen-bond acceptors (Lipinski definition) is 2. The first-order valence-corrected chi connectivity index (χ1v) is 6.07. The smallest absolute Gasteiger partial charge is 0.246 e. The third kappa shape index (κ3) is 3.17. The van der Waals surface area contributed by atoms with E-state index < -0.39 is 0 Å². The first-order chi connectivity index (χ1) is 8.66. The zero-order chi connectivity index (χ0) is 13.0. The second-order valence-corrected chi connectivity index (χ2v) is 4.48. The predicted octanol–water partition coefficient (Wildman–Crippen LogP) is 1.61.